The molecule has 2 aromatic rings. The number of benzene rings is 1. The number of hydrogen-bond donors (Lipinski definition) is 2. The van der Waals surface area contributed by atoms with Crippen LogP contribution in [0.1, 0.15) is 11.1 Å². The van der Waals surface area contributed by atoms with Crippen molar-refractivity contribution >= 4 is 17.2 Å². The van der Waals surface area contributed by atoms with Crippen LogP contribution in [0.15, 0.2) is 40.6 Å². The number of nitrogens with zero attached hydrogens (tertiary/aromatic N) is 1. The lowest BCUT2D eigenvalue weighted by Crippen LogP contribution is -2.31. The molecule has 0 saturated carbocycles. The molecule has 0 radical (unpaired) electrons. The van der Waals surface area contributed by atoms with E-state index in [4.69, 9.17) is 5.84 Å². The molecule has 0 aliphatic carbocycles. The molecule has 1 heterocycles. The first-order chi connectivity index (χ1) is 8.70. The van der Waals surface area contributed by atoms with Crippen LogP contribution in [0.3, 0.4) is 0 Å². The van der Waals surface area contributed by atoms with Crippen molar-refractivity contribution in [3.05, 3.63) is 56.6 Å². The van der Waals surface area contributed by atoms with Crippen molar-refractivity contribution < 1.29 is 4.79 Å². The average Bonchev–Trinajstić information content (AvgIpc) is 2.77. The molecule has 18 heavy (non-hydrogen) atoms. The number of hydrogen-bond acceptors (Lipinski definition) is 4. The van der Waals surface area contributed by atoms with Crippen molar-refractivity contribution in [3.63, 3.8) is 0 Å². The molecule has 0 aliphatic heterocycles. The van der Waals surface area contributed by atoms with Crippen LogP contribution in [0, 0.1) is 0 Å². The van der Waals surface area contributed by atoms with Crippen molar-refractivity contribution in [1.82, 2.24) is 9.99 Å². The highest BCUT2D eigenvalue weighted by atomic mass is 32.1. The Balaban J connectivity index is 2.25. The van der Waals surface area contributed by atoms with E-state index in [9.17, 15) is 9.59 Å². The van der Waals surface area contributed by atoms with Crippen molar-refractivity contribution in [2.45, 2.75) is 13.0 Å². The molecule has 1 aromatic carbocycles. The van der Waals surface area contributed by atoms with E-state index in [1.54, 1.807) is 16.1 Å². The van der Waals surface area contributed by atoms with Gasteiger partial charge in [-0.25, -0.2) is 5.84 Å². The Labute approximate surface area is 108 Å². The number of nitrogens with two attached hydrogens (primary N) is 1. The van der Waals surface area contributed by atoms with Crippen LogP contribution < -0.4 is 16.1 Å². The molecule has 1 aromatic heterocycles. The van der Waals surface area contributed by atoms with Crippen molar-refractivity contribution in [1.29, 1.82) is 0 Å². The van der Waals surface area contributed by atoms with Crippen LogP contribution in [-0.4, -0.2) is 10.5 Å². The van der Waals surface area contributed by atoms with Gasteiger partial charge in [0.25, 0.3) is 0 Å². The fraction of sp³-hybridized carbons (Fsp3) is 0.167. The summed E-state index contributed by atoms with van der Waals surface area (Å²) in [5.41, 5.74) is 3.93. The second-order valence-corrected chi connectivity index (χ2v) is 4.67. The third kappa shape index (κ3) is 2.85. The zero-order valence-electron chi connectivity index (χ0n) is 9.63. The quantitative estimate of drug-likeness (QED) is 0.479. The number of aromatic nitrogens is 1. The topological polar surface area (TPSA) is 77.1 Å². The number of amides is 1. The molecule has 5 nitrogen and oxygen atoms in total. The van der Waals surface area contributed by atoms with E-state index in [2.05, 4.69) is 5.43 Å². The molecule has 0 fully saturated rings. The second-order valence-electron chi connectivity index (χ2n) is 3.81. The second kappa shape index (κ2) is 5.61. The molecule has 0 spiro atoms. The Bertz CT molecular complexity index is 603. The molecule has 94 valence electrons. The molecule has 3 N–H and O–H groups in total. The Kier molecular flexibility index (Phi) is 3.91. The maximum Gasteiger partial charge on any atom is 0.307 e. The number of carbonyl (C=O) groups excluding carboxylic acids is 1. The zero-order chi connectivity index (χ0) is 13.0. The lowest BCUT2D eigenvalue weighted by atomic mass is 10.0. The molecule has 0 atom stereocenters. The Hall–Kier alpha value is -1.92. The van der Waals surface area contributed by atoms with Crippen LogP contribution in [0.5, 0.6) is 0 Å². The summed E-state index contributed by atoms with van der Waals surface area (Å²) in [6.07, 6.45) is 1.96. The van der Waals surface area contributed by atoms with Gasteiger partial charge in [0, 0.05) is 11.6 Å². The summed E-state index contributed by atoms with van der Waals surface area (Å²) in [4.78, 5) is 22.8. The van der Waals surface area contributed by atoms with Crippen LogP contribution in [0.4, 0.5) is 0 Å². The number of nitrogens with one attached hydrogen (secondary N) is 1. The first kappa shape index (κ1) is 12.5. The smallest absolute Gasteiger partial charge is 0.302 e. The average molecular weight is 263 g/mol. The molecule has 0 aliphatic rings. The summed E-state index contributed by atoms with van der Waals surface area (Å²) in [5.74, 6) is 4.83. The summed E-state index contributed by atoms with van der Waals surface area (Å²) in [6.45, 7) is 0.469. The monoisotopic (exact) mass is 263 g/mol. The minimum atomic E-state index is -0.250. The normalized spacial score (nSPS) is 10.3. The maximum atomic E-state index is 11.5. The molecule has 0 unspecified atom stereocenters. The third-order valence-corrected chi connectivity index (χ3v) is 3.31. The summed E-state index contributed by atoms with van der Waals surface area (Å²) < 4.78 is 1.61. The number of rotatable bonds is 4. The van der Waals surface area contributed by atoms with Crippen LogP contribution in [0.2, 0.25) is 0 Å². The zero-order valence-corrected chi connectivity index (χ0v) is 10.4. The van der Waals surface area contributed by atoms with Gasteiger partial charge >= 0.3 is 4.87 Å². The van der Waals surface area contributed by atoms with Crippen LogP contribution >= 0.6 is 11.3 Å². The van der Waals surface area contributed by atoms with E-state index < -0.39 is 0 Å². The summed E-state index contributed by atoms with van der Waals surface area (Å²) >= 11 is 1.16. The maximum absolute atomic E-state index is 11.5. The van der Waals surface area contributed by atoms with Crippen molar-refractivity contribution in [3.8, 4) is 0 Å². The highest BCUT2D eigenvalue weighted by Gasteiger charge is 2.07. The van der Waals surface area contributed by atoms with Gasteiger partial charge in [0.1, 0.15) is 0 Å². The molecule has 6 heteroatoms. The molecule has 2 rings (SSSR count). The summed E-state index contributed by atoms with van der Waals surface area (Å²) in [5, 5.41) is 1.75. The SMILES string of the molecule is NNC(=O)Cc1ccccc1Cn1ccsc1=O. The van der Waals surface area contributed by atoms with Gasteiger partial charge in [-0.15, -0.1) is 0 Å². The first-order valence-corrected chi connectivity index (χ1v) is 6.29. The van der Waals surface area contributed by atoms with Gasteiger partial charge in [-0.05, 0) is 11.1 Å². The van der Waals surface area contributed by atoms with Crippen LogP contribution in [0.25, 0.3) is 0 Å². The summed E-state index contributed by atoms with van der Waals surface area (Å²) in [7, 11) is 0. The molecule has 1 amide bonds. The van der Waals surface area contributed by atoms with Crippen molar-refractivity contribution in [2.75, 3.05) is 0 Å². The van der Waals surface area contributed by atoms with Crippen LogP contribution in [-0.2, 0) is 17.8 Å². The standard InChI is InChI=1S/C12H13N3O2S/c13-14-11(16)7-9-3-1-2-4-10(9)8-15-5-6-18-12(15)17/h1-6H,7-8,13H2,(H,14,16). The van der Waals surface area contributed by atoms with E-state index in [1.807, 2.05) is 24.3 Å². The van der Waals surface area contributed by atoms with E-state index in [0.717, 1.165) is 22.5 Å². The van der Waals surface area contributed by atoms with Gasteiger partial charge in [-0.1, -0.05) is 35.6 Å². The minimum Gasteiger partial charge on any atom is -0.302 e. The van der Waals surface area contributed by atoms with Gasteiger partial charge in [-0.3, -0.25) is 15.0 Å². The largest absolute Gasteiger partial charge is 0.307 e. The fourth-order valence-electron chi connectivity index (χ4n) is 1.70. The van der Waals surface area contributed by atoms with Gasteiger partial charge in [0.15, 0.2) is 0 Å². The lowest BCUT2D eigenvalue weighted by Gasteiger charge is -2.08. The van der Waals surface area contributed by atoms with E-state index in [-0.39, 0.29) is 17.2 Å². The molecule has 0 bridgehead atoms. The third-order valence-electron chi connectivity index (χ3n) is 2.62. The van der Waals surface area contributed by atoms with Gasteiger partial charge in [-0.2, -0.15) is 0 Å². The summed E-state index contributed by atoms with van der Waals surface area (Å²) in [6, 6.07) is 7.51. The minimum absolute atomic E-state index is 0.00641. The van der Waals surface area contributed by atoms with Gasteiger partial charge in [0.2, 0.25) is 5.91 Å². The van der Waals surface area contributed by atoms with E-state index in [1.165, 1.54) is 0 Å². The predicted molar refractivity (Wildman–Crippen MR) is 70.2 cm³/mol. The first-order valence-electron chi connectivity index (χ1n) is 5.41. The highest BCUT2D eigenvalue weighted by Crippen LogP contribution is 2.11. The highest BCUT2D eigenvalue weighted by molar-refractivity contribution is 7.07. The van der Waals surface area contributed by atoms with Crippen molar-refractivity contribution in [2.24, 2.45) is 5.84 Å². The lowest BCUT2D eigenvalue weighted by molar-refractivity contribution is -0.120. The predicted octanol–water partition coefficient (Wildman–Crippen LogP) is 0.490. The van der Waals surface area contributed by atoms with E-state index >= 15 is 0 Å². The fourth-order valence-corrected chi connectivity index (χ4v) is 2.28. The Morgan fingerprint density at radius 1 is 1.33 bits per heavy atom. The molecule has 0 saturated heterocycles. The van der Waals surface area contributed by atoms with Gasteiger partial charge in [0.05, 0.1) is 13.0 Å². The number of carbonyl (C=O) groups is 1. The Morgan fingerprint density at radius 3 is 2.67 bits per heavy atom. The molecular weight excluding hydrogens is 250 g/mol. The van der Waals surface area contributed by atoms with Gasteiger partial charge < -0.3 is 4.57 Å². The molecular formula is C12H13N3O2S. The number of thiazole rings is 1. The number of hydrazine groups is 1. The Morgan fingerprint density at radius 2 is 2.06 bits per heavy atom. The van der Waals surface area contributed by atoms with E-state index in [0.29, 0.717) is 6.54 Å².